The highest BCUT2D eigenvalue weighted by Gasteiger charge is 2.16. The third-order valence-electron chi connectivity index (χ3n) is 4.14. The monoisotopic (exact) mass is 308 g/mol. The predicted molar refractivity (Wildman–Crippen MR) is 90.1 cm³/mol. The fourth-order valence-corrected chi connectivity index (χ4v) is 2.87. The summed E-state index contributed by atoms with van der Waals surface area (Å²) in [6.07, 6.45) is 1.81. The van der Waals surface area contributed by atoms with Gasteiger partial charge in [-0.25, -0.2) is 9.97 Å². The Kier molecular flexibility index (Phi) is 3.86. The van der Waals surface area contributed by atoms with Gasteiger partial charge in [-0.05, 0) is 31.9 Å². The Hall–Kier alpha value is -2.69. The number of nitrogen functional groups attached to an aromatic ring is 1. The van der Waals surface area contributed by atoms with E-state index in [1.54, 1.807) is 0 Å². The van der Waals surface area contributed by atoms with Crippen LogP contribution in [0.2, 0.25) is 0 Å². The van der Waals surface area contributed by atoms with Crippen molar-refractivity contribution < 1.29 is 4.52 Å². The molecule has 0 aliphatic heterocycles. The average molecular weight is 308 g/mol. The largest absolute Gasteiger partial charge is 0.383 e. The van der Waals surface area contributed by atoms with Crippen LogP contribution in [0.15, 0.2) is 35.0 Å². The Morgan fingerprint density at radius 3 is 2.61 bits per heavy atom. The summed E-state index contributed by atoms with van der Waals surface area (Å²) in [5.74, 6) is 2.15. The minimum atomic E-state index is 0.107. The number of hydrogen-bond acceptors (Lipinski definition) is 5. The van der Waals surface area contributed by atoms with Crippen LogP contribution < -0.4 is 5.73 Å². The molecular weight excluding hydrogens is 288 g/mol. The third-order valence-corrected chi connectivity index (χ3v) is 4.14. The topological polar surface area (TPSA) is 77.8 Å². The maximum absolute atomic E-state index is 6.06. The first-order valence-corrected chi connectivity index (χ1v) is 7.59. The van der Waals surface area contributed by atoms with Gasteiger partial charge >= 0.3 is 0 Å². The van der Waals surface area contributed by atoms with E-state index in [-0.39, 0.29) is 5.92 Å². The fraction of sp³-hybridized carbons (Fsp3) is 0.278. The average Bonchev–Trinajstić information content (AvgIpc) is 2.86. The highest BCUT2D eigenvalue weighted by molar-refractivity contribution is 5.68. The van der Waals surface area contributed by atoms with E-state index in [0.717, 1.165) is 33.7 Å². The van der Waals surface area contributed by atoms with Crippen molar-refractivity contribution in [2.75, 3.05) is 5.73 Å². The van der Waals surface area contributed by atoms with Gasteiger partial charge in [0.2, 0.25) is 0 Å². The van der Waals surface area contributed by atoms with E-state index in [0.29, 0.717) is 11.6 Å². The number of anilines is 1. The molecule has 5 heteroatoms. The molecule has 0 aliphatic carbocycles. The summed E-state index contributed by atoms with van der Waals surface area (Å²) >= 11 is 0. The first-order chi connectivity index (χ1) is 11.0. The zero-order valence-corrected chi connectivity index (χ0v) is 13.8. The molecule has 118 valence electrons. The molecule has 1 atom stereocenters. The SMILES string of the molecule is Cc1ncc(C(C)c2cccc(-c3c(C)noc3C)c2)c(N)n1. The molecule has 0 fully saturated rings. The molecule has 1 aromatic carbocycles. The van der Waals surface area contributed by atoms with Crippen molar-refractivity contribution in [3.05, 3.63) is 58.9 Å². The van der Waals surface area contributed by atoms with Gasteiger partial charge in [0.25, 0.3) is 0 Å². The van der Waals surface area contributed by atoms with Crippen molar-refractivity contribution in [2.24, 2.45) is 0 Å². The Balaban J connectivity index is 2.03. The van der Waals surface area contributed by atoms with E-state index in [9.17, 15) is 0 Å². The molecule has 0 radical (unpaired) electrons. The third kappa shape index (κ3) is 2.82. The Morgan fingerprint density at radius 2 is 1.96 bits per heavy atom. The lowest BCUT2D eigenvalue weighted by Gasteiger charge is -2.15. The zero-order valence-electron chi connectivity index (χ0n) is 13.8. The first-order valence-electron chi connectivity index (χ1n) is 7.59. The zero-order chi connectivity index (χ0) is 16.6. The van der Waals surface area contributed by atoms with Crippen molar-refractivity contribution in [1.82, 2.24) is 15.1 Å². The van der Waals surface area contributed by atoms with Gasteiger partial charge in [-0.1, -0.05) is 36.3 Å². The minimum absolute atomic E-state index is 0.107. The lowest BCUT2D eigenvalue weighted by atomic mass is 9.91. The number of nitrogens with two attached hydrogens (primary N) is 1. The summed E-state index contributed by atoms with van der Waals surface area (Å²) < 4.78 is 5.28. The molecule has 1 unspecified atom stereocenters. The Bertz CT molecular complexity index is 834. The van der Waals surface area contributed by atoms with Crippen LogP contribution in [0, 0.1) is 20.8 Å². The number of rotatable bonds is 3. The number of aryl methyl sites for hydroxylation is 3. The van der Waals surface area contributed by atoms with Crippen molar-refractivity contribution >= 4 is 5.82 Å². The molecule has 0 spiro atoms. The van der Waals surface area contributed by atoms with Crippen LogP contribution in [-0.2, 0) is 0 Å². The Labute approximate surface area is 135 Å². The van der Waals surface area contributed by atoms with Gasteiger partial charge in [-0.3, -0.25) is 0 Å². The van der Waals surface area contributed by atoms with Gasteiger partial charge in [-0.15, -0.1) is 0 Å². The van der Waals surface area contributed by atoms with Crippen LogP contribution >= 0.6 is 0 Å². The van der Waals surface area contributed by atoms with Crippen LogP contribution in [0.25, 0.3) is 11.1 Å². The van der Waals surface area contributed by atoms with E-state index < -0.39 is 0 Å². The molecule has 0 aliphatic rings. The van der Waals surface area contributed by atoms with Crippen LogP contribution in [0.4, 0.5) is 5.82 Å². The maximum atomic E-state index is 6.06. The van der Waals surface area contributed by atoms with Crippen molar-refractivity contribution in [1.29, 1.82) is 0 Å². The van der Waals surface area contributed by atoms with Crippen LogP contribution in [0.3, 0.4) is 0 Å². The fourth-order valence-electron chi connectivity index (χ4n) is 2.87. The number of benzene rings is 1. The summed E-state index contributed by atoms with van der Waals surface area (Å²) in [4.78, 5) is 8.53. The molecule has 2 N–H and O–H groups in total. The smallest absolute Gasteiger partial charge is 0.141 e. The molecule has 3 aromatic rings. The van der Waals surface area contributed by atoms with E-state index in [4.69, 9.17) is 10.3 Å². The van der Waals surface area contributed by atoms with Crippen LogP contribution in [0.1, 0.15) is 41.2 Å². The van der Waals surface area contributed by atoms with Gasteiger partial charge in [0.15, 0.2) is 0 Å². The molecule has 3 rings (SSSR count). The first kappa shape index (κ1) is 15.2. The van der Waals surface area contributed by atoms with Gasteiger partial charge in [0.1, 0.15) is 17.4 Å². The number of nitrogens with zero attached hydrogens (tertiary/aromatic N) is 3. The van der Waals surface area contributed by atoms with E-state index in [1.807, 2.05) is 33.0 Å². The highest BCUT2D eigenvalue weighted by Crippen LogP contribution is 2.32. The second-order valence-electron chi connectivity index (χ2n) is 5.80. The summed E-state index contributed by atoms with van der Waals surface area (Å²) in [5, 5.41) is 4.03. The summed E-state index contributed by atoms with van der Waals surface area (Å²) in [7, 11) is 0. The molecule has 2 aromatic heterocycles. The van der Waals surface area contributed by atoms with Gasteiger partial charge in [-0.2, -0.15) is 0 Å². The summed E-state index contributed by atoms with van der Waals surface area (Å²) in [6, 6.07) is 8.35. The standard InChI is InChI=1S/C18H20N4O/c1-10(16-9-20-13(4)21-18(16)19)14-6-5-7-15(8-14)17-11(2)22-23-12(17)3/h5-10H,1-4H3,(H2,19,20,21). The molecule has 0 amide bonds. The molecule has 5 nitrogen and oxygen atoms in total. The Morgan fingerprint density at radius 1 is 1.17 bits per heavy atom. The lowest BCUT2D eigenvalue weighted by molar-refractivity contribution is 0.393. The van der Waals surface area contributed by atoms with Gasteiger partial charge in [0.05, 0.1) is 5.69 Å². The molecule has 0 saturated carbocycles. The summed E-state index contributed by atoms with van der Waals surface area (Å²) in [5.41, 5.74) is 11.2. The molecule has 0 saturated heterocycles. The lowest BCUT2D eigenvalue weighted by Crippen LogP contribution is -2.05. The molecule has 23 heavy (non-hydrogen) atoms. The van der Waals surface area contributed by atoms with Crippen LogP contribution in [0.5, 0.6) is 0 Å². The van der Waals surface area contributed by atoms with Crippen molar-refractivity contribution in [3.63, 3.8) is 0 Å². The minimum Gasteiger partial charge on any atom is -0.383 e. The predicted octanol–water partition coefficient (Wildman–Crippen LogP) is 3.79. The van der Waals surface area contributed by atoms with E-state index in [2.05, 4.69) is 40.2 Å². The van der Waals surface area contributed by atoms with Crippen molar-refractivity contribution in [3.8, 4) is 11.1 Å². The van der Waals surface area contributed by atoms with Crippen LogP contribution in [-0.4, -0.2) is 15.1 Å². The van der Waals surface area contributed by atoms with E-state index >= 15 is 0 Å². The summed E-state index contributed by atoms with van der Waals surface area (Å²) in [6.45, 7) is 7.82. The number of aromatic nitrogens is 3. The normalized spacial score (nSPS) is 12.3. The quantitative estimate of drug-likeness (QED) is 0.796. The second kappa shape index (κ2) is 5.83. The molecular formula is C18H20N4O. The maximum Gasteiger partial charge on any atom is 0.141 e. The highest BCUT2D eigenvalue weighted by atomic mass is 16.5. The molecule has 2 heterocycles. The number of hydrogen-bond donors (Lipinski definition) is 1. The van der Waals surface area contributed by atoms with Gasteiger partial charge < -0.3 is 10.3 Å². The van der Waals surface area contributed by atoms with Crippen molar-refractivity contribution in [2.45, 2.75) is 33.6 Å². The van der Waals surface area contributed by atoms with E-state index in [1.165, 1.54) is 0 Å². The molecule has 0 bridgehead atoms. The second-order valence-corrected chi connectivity index (χ2v) is 5.80. The van der Waals surface area contributed by atoms with Gasteiger partial charge in [0, 0.05) is 23.2 Å².